The molecular formula is C13H21ClN2O3. The summed E-state index contributed by atoms with van der Waals surface area (Å²) in [4.78, 5) is 11.9. The minimum Gasteiger partial charge on any atom is -0.497 e. The highest BCUT2D eigenvalue weighted by atomic mass is 35.5. The van der Waals surface area contributed by atoms with E-state index in [1.807, 2.05) is 14.0 Å². The summed E-state index contributed by atoms with van der Waals surface area (Å²) in [6.07, 6.45) is 0. The van der Waals surface area contributed by atoms with Crippen LogP contribution in [0.1, 0.15) is 6.92 Å². The molecule has 1 aromatic carbocycles. The summed E-state index contributed by atoms with van der Waals surface area (Å²) in [7, 11) is 4.96. The third-order valence-electron chi connectivity index (χ3n) is 2.62. The van der Waals surface area contributed by atoms with Gasteiger partial charge in [0.2, 0.25) is 5.91 Å². The van der Waals surface area contributed by atoms with E-state index in [1.54, 1.807) is 32.4 Å². The fourth-order valence-corrected chi connectivity index (χ4v) is 1.57. The summed E-state index contributed by atoms with van der Waals surface area (Å²) in [5, 5.41) is 5.81. The highest BCUT2D eigenvalue weighted by Crippen LogP contribution is 2.29. The predicted octanol–water partition coefficient (Wildman–Crippen LogP) is 1.92. The van der Waals surface area contributed by atoms with Crippen LogP contribution in [0.3, 0.4) is 0 Å². The van der Waals surface area contributed by atoms with Crippen molar-refractivity contribution in [2.45, 2.75) is 6.92 Å². The third kappa shape index (κ3) is 4.96. The molecule has 0 spiro atoms. The van der Waals surface area contributed by atoms with Crippen LogP contribution in [0.4, 0.5) is 5.69 Å². The molecule has 0 radical (unpaired) electrons. The molecule has 6 heteroatoms. The monoisotopic (exact) mass is 288 g/mol. The van der Waals surface area contributed by atoms with Gasteiger partial charge in [0.05, 0.1) is 19.9 Å². The minimum atomic E-state index is -0.120. The van der Waals surface area contributed by atoms with Gasteiger partial charge in [-0.1, -0.05) is 6.92 Å². The second-order valence-corrected chi connectivity index (χ2v) is 4.01. The molecule has 1 aromatic rings. The lowest BCUT2D eigenvalue weighted by molar-refractivity contribution is -0.119. The first-order valence-electron chi connectivity index (χ1n) is 5.79. The highest BCUT2D eigenvalue weighted by molar-refractivity contribution is 5.94. The normalized spacial score (nSPS) is 11.2. The molecule has 0 aliphatic rings. The third-order valence-corrected chi connectivity index (χ3v) is 2.62. The standard InChI is InChI=1S/C13H20N2O3.ClH/c1-9(8-14-2)13(16)15-11-7-10(17-3)5-6-12(11)18-4;/h5-7,9,14H,8H2,1-4H3,(H,15,16);1H. The smallest absolute Gasteiger partial charge is 0.228 e. The Kier molecular flexibility index (Phi) is 7.95. The fraction of sp³-hybridized carbons (Fsp3) is 0.462. The van der Waals surface area contributed by atoms with Gasteiger partial charge in [-0.05, 0) is 19.2 Å². The lowest BCUT2D eigenvalue weighted by Crippen LogP contribution is -2.28. The number of carbonyl (C=O) groups excluding carboxylic acids is 1. The van der Waals surface area contributed by atoms with Crippen LogP contribution in [0.25, 0.3) is 0 Å². The Balaban J connectivity index is 0.00000324. The molecular weight excluding hydrogens is 268 g/mol. The number of hydrogen-bond donors (Lipinski definition) is 2. The second-order valence-electron chi connectivity index (χ2n) is 4.01. The molecule has 0 bridgehead atoms. The first kappa shape index (κ1) is 17.5. The maximum absolute atomic E-state index is 11.9. The average molecular weight is 289 g/mol. The summed E-state index contributed by atoms with van der Waals surface area (Å²) < 4.78 is 10.3. The van der Waals surface area contributed by atoms with Crippen LogP contribution in [0.2, 0.25) is 0 Å². The van der Waals surface area contributed by atoms with Crippen molar-refractivity contribution in [3.63, 3.8) is 0 Å². The molecule has 0 saturated heterocycles. The van der Waals surface area contributed by atoms with E-state index in [1.165, 1.54) is 0 Å². The van der Waals surface area contributed by atoms with Crippen LogP contribution in [0, 0.1) is 5.92 Å². The quantitative estimate of drug-likeness (QED) is 0.840. The van der Waals surface area contributed by atoms with Crippen LogP contribution in [-0.4, -0.2) is 33.7 Å². The summed E-state index contributed by atoms with van der Waals surface area (Å²) in [5.41, 5.74) is 0.616. The molecule has 0 aliphatic heterocycles. The summed E-state index contributed by atoms with van der Waals surface area (Å²) in [5.74, 6) is 1.11. The molecule has 0 saturated carbocycles. The van der Waals surface area contributed by atoms with Crippen molar-refractivity contribution in [2.24, 2.45) is 5.92 Å². The molecule has 1 atom stereocenters. The molecule has 0 aliphatic carbocycles. The van der Waals surface area contributed by atoms with E-state index in [0.717, 1.165) is 0 Å². The number of amides is 1. The average Bonchev–Trinajstić information content (AvgIpc) is 2.38. The number of anilines is 1. The molecule has 1 amide bonds. The van der Waals surface area contributed by atoms with Crippen LogP contribution >= 0.6 is 12.4 Å². The number of nitrogens with one attached hydrogen (secondary N) is 2. The zero-order valence-corrected chi connectivity index (χ0v) is 12.5. The van der Waals surface area contributed by atoms with Crippen molar-refractivity contribution in [2.75, 3.05) is 33.1 Å². The number of carbonyl (C=O) groups is 1. The summed E-state index contributed by atoms with van der Waals surface area (Å²) in [6, 6.07) is 5.28. The Hall–Kier alpha value is -1.46. The number of methoxy groups -OCH3 is 2. The van der Waals surface area contributed by atoms with E-state index >= 15 is 0 Å². The molecule has 0 aromatic heterocycles. The van der Waals surface area contributed by atoms with Crippen molar-refractivity contribution in [1.29, 1.82) is 0 Å². The van der Waals surface area contributed by atoms with Crippen molar-refractivity contribution in [1.82, 2.24) is 5.32 Å². The van der Waals surface area contributed by atoms with Gasteiger partial charge in [0.25, 0.3) is 0 Å². The van der Waals surface area contributed by atoms with E-state index in [9.17, 15) is 4.79 Å². The number of hydrogen-bond acceptors (Lipinski definition) is 4. The predicted molar refractivity (Wildman–Crippen MR) is 78.5 cm³/mol. The van der Waals surface area contributed by atoms with Gasteiger partial charge in [0.15, 0.2) is 0 Å². The first-order chi connectivity index (χ1) is 8.62. The number of ether oxygens (including phenoxy) is 2. The van der Waals surface area contributed by atoms with Crippen molar-refractivity contribution >= 4 is 24.0 Å². The van der Waals surface area contributed by atoms with Crippen LogP contribution in [0.5, 0.6) is 11.5 Å². The lowest BCUT2D eigenvalue weighted by Gasteiger charge is -2.14. The SMILES string of the molecule is CNCC(C)C(=O)Nc1cc(OC)ccc1OC.Cl. The van der Waals surface area contributed by atoms with Gasteiger partial charge in [0, 0.05) is 18.5 Å². The summed E-state index contributed by atoms with van der Waals surface area (Å²) in [6.45, 7) is 2.48. The zero-order chi connectivity index (χ0) is 13.5. The maximum Gasteiger partial charge on any atom is 0.228 e. The fourth-order valence-electron chi connectivity index (χ4n) is 1.57. The topological polar surface area (TPSA) is 59.6 Å². The van der Waals surface area contributed by atoms with Gasteiger partial charge >= 0.3 is 0 Å². The van der Waals surface area contributed by atoms with Gasteiger partial charge < -0.3 is 20.1 Å². The molecule has 1 unspecified atom stereocenters. The molecule has 0 fully saturated rings. The maximum atomic E-state index is 11.9. The molecule has 0 heterocycles. The lowest BCUT2D eigenvalue weighted by atomic mass is 10.1. The van der Waals surface area contributed by atoms with E-state index in [-0.39, 0.29) is 24.2 Å². The van der Waals surface area contributed by atoms with Gasteiger partial charge in [-0.2, -0.15) is 0 Å². The van der Waals surface area contributed by atoms with E-state index in [2.05, 4.69) is 10.6 Å². The Morgan fingerprint density at radius 1 is 1.32 bits per heavy atom. The first-order valence-corrected chi connectivity index (χ1v) is 5.79. The highest BCUT2D eigenvalue weighted by Gasteiger charge is 2.14. The van der Waals surface area contributed by atoms with Gasteiger partial charge in [-0.25, -0.2) is 0 Å². The molecule has 1 rings (SSSR count). The van der Waals surface area contributed by atoms with Crippen LogP contribution in [-0.2, 0) is 4.79 Å². The largest absolute Gasteiger partial charge is 0.497 e. The number of halogens is 1. The Labute approximate surface area is 120 Å². The van der Waals surface area contributed by atoms with Gasteiger partial charge in [-0.3, -0.25) is 4.79 Å². The second kappa shape index (κ2) is 8.61. The van der Waals surface area contributed by atoms with Crippen LogP contribution < -0.4 is 20.1 Å². The van der Waals surface area contributed by atoms with Gasteiger partial charge in [-0.15, -0.1) is 12.4 Å². The number of benzene rings is 1. The Bertz CT molecular complexity index is 413. The van der Waals surface area contributed by atoms with E-state index in [4.69, 9.17) is 9.47 Å². The minimum absolute atomic E-state index is 0. The van der Waals surface area contributed by atoms with Crippen LogP contribution in [0.15, 0.2) is 18.2 Å². The molecule has 19 heavy (non-hydrogen) atoms. The van der Waals surface area contributed by atoms with Crippen molar-refractivity contribution in [3.8, 4) is 11.5 Å². The Morgan fingerprint density at radius 2 is 2.00 bits per heavy atom. The van der Waals surface area contributed by atoms with E-state index in [0.29, 0.717) is 23.7 Å². The van der Waals surface area contributed by atoms with Gasteiger partial charge in [0.1, 0.15) is 11.5 Å². The Morgan fingerprint density at radius 3 is 2.53 bits per heavy atom. The number of rotatable bonds is 6. The molecule has 108 valence electrons. The van der Waals surface area contributed by atoms with Crippen molar-refractivity contribution in [3.05, 3.63) is 18.2 Å². The molecule has 2 N–H and O–H groups in total. The zero-order valence-electron chi connectivity index (χ0n) is 11.6. The van der Waals surface area contributed by atoms with E-state index < -0.39 is 0 Å². The molecule has 5 nitrogen and oxygen atoms in total. The van der Waals surface area contributed by atoms with Crippen molar-refractivity contribution < 1.29 is 14.3 Å². The summed E-state index contributed by atoms with van der Waals surface area (Å²) >= 11 is 0.